The van der Waals surface area contributed by atoms with Gasteiger partial charge in [-0.1, -0.05) is 6.07 Å². The summed E-state index contributed by atoms with van der Waals surface area (Å²) in [6.45, 7) is 0. The molecule has 0 aromatic carbocycles. The Hall–Kier alpha value is -1.95. The molecule has 0 saturated heterocycles. The van der Waals surface area contributed by atoms with Gasteiger partial charge in [0.15, 0.2) is 0 Å². The van der Waals surface area contributed by atoms with E-state index in [4.69, 9.17) is 5.11 Å². The molecule has 17 heavy (non-hydrogen) atoms. The maximum absolute atomic E-state index is 11.7. The number of carboxylic acids is 1. The van der Waals surface area contributed by atoms with Crippen molar-refractivity contribution in [3.63, 3.8) is 0 Å². The highest BCUT2D eigenvalue weighted by Gasteiger charge is 2.14. The number of imidazole rings is 1. The van der Waals surface area contributed by atoms with Crippen molar-refractivity contribution >= 4 is 33.3 Å². The molecule has 0 saturated carbocycles. The summed E-state index contributed by atoms with van der Waals surface area (Å²) in [4.78, 5) is 26.1. The molecule has 0 aliphatic carbocycles. The first-order valence-corrected chi connectivity index (χ1v) is 5.47. The van der Waals surface area contributed by atoms with Crippen LogP contribution in [0.25, 0.3) is 5.65 Å². The van der Waals surface area contributed by atoms with Crippen LogP contribution in [0.3, 0.4) is 0 Å². The van der Waals surface area contributed by atoms with Crippen molar-refractivity contribution in [3.8, 4) is 0 Å². The first-order valence-electron chi connectivity index (χ1n) is 4.67. The highest BCUT2D eigenvalue weighted by molar-refractivity contribution is 9.10. The van der Waals surface area contributed by atoms with E-state index >= 15 is 0 Å². The van der Waals surface area contributed by atoms with E-state index in [9.17, 15) is 9.59 Å². The van der Waals surface area contributed by atoms with Crippen LogP contribution in [-0.4, -0.2) is 26.2 Å². The third-order valence-corrected chi connectivity index (χ3v) is 2.84. The fourth-order valence-electron chi connectivity index (χ4n) is 1.35. The number of aliphatic carboxylic acids is 1. The first kappa shape index (κ1) is 11.5. The second-order valence-corrected chi connectivity index (χ2v) is 3.97. The summed E-state index contributed by atoms with van der Waals surface area (Å²) in [6.07, 6.45) is 3.53. The van der Waals surface area contributed by atoms with Crippen LogP contribution < -0.4 is 0 Å². The van der Waals surface area contributed by atoms with E-state index in [1.165, 1.54) is 0 Å². The lowest BCUT2D eigenvalue weighted by Crippen LogP contribution is -1.98. The van der Waals surface area contributed by atoms with Crippen molar-refractivity contribution in [2.75, 3.05) is 0 Å². The Morgan fingerprint density at radius 2 is 2.12 bits per heavy atom. The Labute approximate surface area is 105 Å². The Morgan fingerprint density at radius 3 is 2.76 bits per heavy atom. The molecule has 2 heterocycles. The molecule has 0 atom stereocenters. The number of nitrogens with zero attached hydrogens (tertiary/aromatic N) is 2. The summed E-state index contributed by atoms with van der Waals surface area (Å²) < 4.78 is 2.20. The largest absolute Gasteiger partial charge is 0.478 e. The smallest absolute Gasteiger partial charge is 0.328 e. The van der Waals surface area contributed by atoms with Crippen LogP contribution in [0.4, 0.5) is 0 Å². The summed E-state index contributed by atoms with van der Waals surface area (Å²) in [5.74, 6) is -1.62. The van der Waals surface area contributed by atoms with Crippen LogP contribution in [0.1, 0.15) is 10.5 Å². The lowest BCUT2D eigenvalue weighted by Gasteiger charge is -1.92. The van der Waals surface area contributed by atoms with E-state index in [2.05, 4.69) is 20.9 Å². The average Bonchev–Trinajstić information content (AvgIpc) is 2.64. The number of aromatic nitrogens is 2. The minimum absolute atomic E-state index is 0.189. The van der Waals surface area contributed by atoms with Gasteiger partial charge in [-0.25, -0.2) is 9.78 Å². The second kappa shape index (κ2) is 4.50. The highest BCUT2D eigenvalue weighted by atomic mass is 79.9. The molecular formula is C11H7BrN2O3. The molecule has 0 spiro atoms. The molecule has 2 aromatic rings. The van der Waals surface area contributed by atoms with Gasteiger partial charge in [-0.2, -0.15) is 0 Å². The summed E-state index contributed by atoms with van der Waals surface area (Å²) >= 11 is 3.26. The quantitative estimate of drug-likeness (QED) is 0.693. The molecule has 0 fully saturated rings. The van der Waals surface area contributed by atoms with Gasteiger partial charge in [-0.05, 0) is 34.1 Å². The topological polar surface area (TPSA) is 71.7 Å². The van der Waals surface area contributed by atoms with Gasteiger partial charge < -0.3 is 5.11 Å². The predicted molar refractivity (Wildman–Crippen MR) is 64.0 cm³/mol. The number of rotatable bonds is 3. The minimum Gasteiger partial charge on any atom is -0.478 e. The monoisotopic (exact) mass is 294 g/mol. The van der Waals surface area contributed by atoms with Gasteiger partial charge in [0.2, 0.25) is 5.78 Å². The van der Waals surface area contributed by atoms with Gasteiger partial charge in [0.1, 0.15) is 15.9 Å². The van der Waals surface area contributed by atoms with Crippen molar-refractivity contribution in [3.05, 3.63) is 46.8 Å². The molecule has 6 heteroatoms. The van der Waals surface area contributed by atoms with Crippen molar-refractivity contribution in [2.45, 2.75) is 0 Å². The molecule has 1 N–H and O–H groups in total. The van der Waals surface area contributed by atoms with Gasteiger partial charge in [-0.3, -0.25) is 9.20 Å². The Balaban J connectivity index is 2.46. The van der Waals surface area contributed by atoms with Crippen molar-refractivity contribution < 1.29 is 14.7 Å². The zero-order valence-corrected chi connectivity index (χ0v) is 10.1. The molecule has 0 unspecified atom stereocenters. The summed E-state index contributed by atoms with van der Waals surface area (Å²) in [5, 5.41) is 8.44. The number of fused-ring (bicyclic) bond motifs is 1. The zero-order valence-electron chi connectivity index (χ0n) is 8.50. The number of hydrogen-bond acceptors (Lipinski definition) is 3. The Morgan fingerprint density at radius 1 is 1.35 bits per heavy atom. The lowest BCUT2D eigenvalue weighted by molar-refractivity contribution is -0.131. The number of carbonyl (C=O) groups excluding carboxylic acids is 1. The number of carboxylic acid groups (broad SMARTS) is 1. The maximum Gasteiger partial charge on any atom is 0.328 e. The van der Waals surface area contributed by atoms with Crippen molar-refractivity contribution in [1.82, 2.24) is 9.38 Å². The number of hydrogen-bond donors (Lipinski definition) is 1. The summed E-state index contributed by atoms with van der Waals surface area (Å²) in [5.41, 5.74) is 0.806. The van der Waals surface area contributed by atoms with Gasteiger partial charge >= 0.3 is 5.97 Å². The van der Waals surface area contributed by atoms with Crippen LogP contribution >= 0.6 is 15.9 Å². The number of pyridine rings is 1. The van der Waals surface area contributed by atoms with Crippen molar-refractivity contribution in [1.29, 1.82) is 0 Å². The van der Waals surface area contributed by atoms with Gasteiger partial charge in [0.05, 0.1) is 0 Å². The number of carbonyl (C=O) groups is 2. The lowest BCUT2D eigenvalue weighted by atomic mass is 10.3. The van der Waals surface area contributed by atoms with Crippen LogP contribution in [0, 0.1) is 0 Å². The normalized spacial score (nSPS) is 11.1. The van der Waals surface area contributed by atoms with Crippen LogP contribution in [0.15, 0.2) is 41.2 Å². The third-order valence-electron chi connectivity index (χ3n) is 2.08. The molecule has 0 radical (unpaired) electrons. The van der Waals surface area contributed by atoms with E-state index in [0.29, 0.717) is 10.3 Å². The SMILES string of the molecule is O=C(O)/C=C/C(=O)c1nc2ccccn2c1Br. The molecular weight excluding hydrogens is 288 g/mol. The summed E-state index contributed by atoms with van der Waals surface area (Å²) in [6, 6.07) is 5.36. The summed E-state index contributed by atoms with van der Waals surface area (Å²) in [7, 11) is 0. The molecule has 86 valence electrons. The molecule has 2 aromatic heterocycles. The third kappa shape index (κ3) is 2.26. The maximum atomic E-state index is 11.7. The predicted octanol–water partition coefficient (Wildman–Crippen LogP) is 1.92. The number of ketones is 1. The van der Waals surface area contributed by atoms with E-state index < -0.39 is 11.8 Å². The first-order chi connectivity index (χ1) is 8.09. The Bertz CT molecular complexity index is 631. The molecule has 0 aliphatic rings. The molecule has 0 amide bonds. The fraction of sp³-hybridized carbons (Fsp3) is 0. The van der Waals surface area contributed by atoms with Crippen LogP contribution in [0.5, 0.6) is 0 Å². The standard InChI is InChI=1S/C11H7BrN2O3/c12-11-10(7(15)4-5-9(16)17)13-8-3-1-2-6-14(8)11/h1-6H,(H,16,17)/b5-4+. The highest BCUT2D eigenvalue weighted by Crippen LogP contribution is 2.19. The molecule has 5 nitrogen and oxygen atoms in total. The number of allylic oxidation sites excluding steroid dienone is 1. The van der Waals surface area contributed by atoms with E-state index in [1.807, 2.05) is 0 Å². The second-order valence-electron chi connectivity index (χ2n) is 3.22. The molecule has 0 bridgehead atoms. The fourth-order valence-corrected chi connectivity index (χ4v) is 1.93. The van der Waals surface area contributed by atoms with Gasteiger partial charge in [0.25, 0.3) is 0 Å². The number of halogens is 1. The Kier molecular flexibility index (Phi) is 3.06. The van der Waals surface area contributed by atoms with Crippen molar-refractivity contribution in [2.24, 2.45) is 0 Å². The minimum atomic E-state index is -1.17. The van der Waals surface area contributed by atoms with Gasteiger partial charge in [-0.15, -0.1) is 0 Å². The van der Waals surface area contributed by atoms with E-state index in [1.54, 1.807) is 28.8 Å². The molecule has 0 aliphatic heterocycles. The van der Waals surface area contributed by atoms with Crippen LogP contribution in [0.2, 0.25) is 0 Å². The van der Waals surface area contributed by atoms with E-state index in [-0.39, 0.29) is 5.69 Å². The average molecular weight is 295 g/mol. The van der Waals surface area contributed by atoms with Crippen LogP contribution in [-0.2, 0) is 4.79 Å². The van der Waals surface area contributed by atoms with E-state index in [0.717, 1.165) is 12.2 Å². The molecule has 2 rings (SSSR count). The van der Waals surface area contributed by atoms with Gasteiger partial charge in [0, 0.05) is 12.3 Å². The zero-order chi connectivity index (χ0) is 12.4.